The molecular formula is C27H33FN4O5S. The van der Waals surface area contributed by atoms with Crippen LogP contribution < -0.4 is 19.9 Å². The van der Waals surface area contributed by atoms with E-state index >= 15 is 0 Å². The average Bonchev–Trinajstić information content (AvgIpc) is 2.86. The Labute approximate surface area is 222 Å². The molecule has 1 amide bonds. The Morgan fingerprint density at radius 1 is 1.08 bits per heavy atom. The molecule has 3 rings (SSSR count). The maximum Gasteiger partial charge on any atom is 0.281 e. The van der Waals surface area contributed by atoms with Gasteiger partial charge in [0.05, 0.1) is 12.3 Å². The van der Waals surface area contributed by atoms with Gasteiger partial charge in [0.15, 0.2) is 5.03 Å². The molecule has 38 heavy (non-hydrogen) atoms. The first-order chi connectivity index (χ1) is 17.9. The van der Waals surface area contributed by atoms with Gasteiger partial charge in [-0.2, -0.15) is 8.42 Å². The summed E-state index contributed by atoms with van der Waals surface area (Å²) in [7, 11) is -4.32. The number of hydrogen-bond acceptors (Lipinski definition) is 8. The van der Waals surface area contributed by atoms with Gasteiger partial charge in [-0.3, -0.25) is 4.79 Å². The molecule has 2 unspecified atom stereocenters. The van der Waals surface area contributed by atoms with Crippen LogP contribution in [0, 0.1) is 17.7 Å². The number of nitrogens with two attached hydrogens (primary N) is 1. The summed E-state index contributed by atoms with van der Waals surface area (Å²) < 4.78 is 53.6. The van der Waals surface area contributed by atoms with Gasteiger partial charge >= 0.3 is 0 Å². The minimum atomic E-state index is -4.32. The zero-order valence-electron chi connectivity index (χ0n) is 22.1. The van der Waals surface area contributed by atoms with E-state index in [2.05, 4.69) is 9.97 Å². The van der Waals surface area contributed by atoms with E-state index in [4.69, 9.17) is 15.2 Å². The highest BCUT2D eigenvalue weighted by molar-refractivity contribution is 7.90. The Kier molecular flexibility index (Phi) is 9.26. The number of ether oxygens (including phenoxy) is 2. The molecule has 1 aromatic carbocycles. The Morgan fingerprint density at radius 2 is 1.82 bits per heavy atom. The van der Waals surface area contributed by atoms with Crippen molar-refractivity contribution >= 4 is 21.7 Å². The number of nitrogens with zero attached hydrogens (tertiary/aromatic N) is 2. The van der Waals surface area contributed by atoms with Crippen LogP contribution >= 0.6 is 0 Å². The second kappa shape index (κ2) is 12.2. The van der Waals surface area contributed by atoms with E-state index in [-0.39, 0.29) is 35.2 Å². The van der Waals surface area contributed by atoms with Gasteiger partial charge < -0.3 is 15.2 Å². The zero-order chi connectivity index (χ0) is 28.0. The number of hydrogen-bond donors (Lipinski definition) is 2. The largest absolute Gasteiger partial charge is 0.493 e. The van der Waals surface area contributed by atoms with Crippen molar-refractivity contribution in [2.45, 2.75) is 52.2 Å². The Morgan fingerprint density at radius 3 is 2.47 bits per heavy atom. The Bertz CT molecular complexity index is 1400. The number of carbonyl (C=O) groups is 1. The molecule has 204 valence electrons. The van der Waals surface area contributed by atoms with Crippen molar-refractivity contribution in [2.24, 2.45) is 11.8 Å². The summed E-state index contributed by atoms with van der Waals surface area (Å²) in [6.07, 6.45) is 0.456. The van der Waals surface area contributed by atoms with E-state index in [1.807, 2.05) is 39.3 Å². The SMILES string of the molecule is CCC(C)C(C)Oc1nc(-c2cc(F)cc(OCC(C)C)c2)ccc1C(=O)NS(=O)(=O)c1cccc(N)n1. The lowest BCUT2D eigenvalue weighted by atomic mass is 10.0. The van der Waals surface area contributed by atoms with Gasteiger partial charge in [-0.1, -0.05) is 40.2 Å². The van der Waals surface area contributed by atoms with Crippen molar-refractivity contribution in [1.82, 2.24) is 14.7 Å². The molecule has 0 fully saturated rings. The molecule has 2 heterocycles. The highest BCUT2D eigenvalue weighted by Crippen LogP contribution is 2.29. The van der Waals surface area contributed by atoms with Crippen LogP contribution in [0.1, 0.15) is 51.4 Å². The highest BCUT2D eigenvalue weighted by Gasteiger charge is 2.25. The van der Waals surface area contributed by atoms with Gasteiger partial charge in [0.2, 0.25) is 5.88 Å². The minimum Gasteiger partial charge on any atom is -0.493 e. The highest BCUT2D eigenvalue weighted by atomic mass is 32.2. The number of sulfonamides is 1. The van der Waals surface area contributed by atoms with Crippen LogP contribution in [0.4, 0.5) is 10.2 Å². The lowest BCUT2D eigenvalue weighted by molar-refractivity contribution is 0.0966. The normalized spacial score (nSPS) is 13.1. The molecule has 2 aromatic heterocycles. The monoisotopic (exact) mass is 544 g/mol. The maximum absolute atomic E-state index is 14.4. The fraction of sp³-hybridized carbons (Fsp3) is 0.370. The first-order valence-corrected chi connectivity index (χ1v) is 13.8. The number of anilines is 1. The minimum absolute atomic E-state index is 0.00965. The van der Waals surface area contributed by atoms with Crippen molar-refractivity contribution in [1.29, 1.82) is 0 Å². The molecule has 3 aromatic rings. The number of amides is 1. The fourth-order valence-corrected chi connectivity index (χ4v) is 4.30. The number of pyridine rings is 2. The number of nitrogens with one attached hydrogen (secondary N) is 1. The number of aromatic nitrogens is 2. The van der Waals surface area contributed by atoms with Gasteiger partial charge in [0.1, 0.15) is 29.1 Å². The number of halogens is 1. The molecule has 0 aliphatic rings. The van der Waals surface area contributed by atoms with Crippen LogP contribution in [0.2, 0.25) is 0 Å². The molecule has 0 aliphatic heterocycles. The molecule has 3 N–H and O–H groups in total. The molecular weight excluding hydrogens is 511 g/mol. The van der Waals surface area contributed by atoms with E-state index in [0.29, 0.717) is 23.6 Å². The second-order valence-corrected chi connectivity index (χ2v) is 11.1. The van der Waals surface area contributed by atoms with Crippen LogP contribution in [-0.2, 0) is 10.0 Å². The fourth-order valence-electron chi connectivity index (χ4n) is 3.35. The number of nitrogen functional groups attached to an aromatic ring is 1. The van der Waals surface area contributed by atoms with E-state index in [1.165, 1.54) is 42.5 Å². The summed E-state index contributed by atoms with van der Waals surface area (Å²) in [6.45, 7) is 10.2. The summed E-state index contributed by atoms with van der Waals surface area (Å²) in [6, 6.07) is 11.2. The van der Waals surface area contributed by atoms with Crippen molar-refractivity contribution in [3.63, 3.8) is 0 Å². The third kappa shape index (κ3) is 7.41. The standard InChI is InChI=1S/C27H33FN4O5S/c1-6-17(4)18(5)37-27-22(26(33)32-38(34,35)25-9-7-8-24(29)31-25)10-11-23(30-27)19-12-20(28)14-21(13-19)36-15-16(2)3/h7-14,16-18H,6,15H2,1-5H3,(H2,29,31)(H,32,33). The summed E-state index contributed by atoms with van der Waals surface area (Å²) in [4.78, 5) is 21.4. The molecule has 0 saturated heterocycles. The van der Waals surface area contributed by atoms with Crippen molar-refractivity contribution in [2.75, 3.05) is 12.3 Å². The van der Waals surface area contributed by atoms with E-state index in [1.54, 1.807) is 6.07 Å². The van der Waals surface area contributed by atoms with Crippen LogP contribution in [0.15, 0.2) is 53.6 Å². The number of carbonyl (C=O) groups excluding carboxylic acids is 1. The predicted octanol–water partition coefficient (Wildman–Crippen LogP) is 4.83. The molecule has 11 heteroatoms. The van der Waals surface area contributed by atoms with Crippen LogP contribution in [0.3, 0.4) is 0 Å². The van der Waals surface area contributed by atoms with Gasteiger partial charge in [-0.25, -0.2) is 19.1 Å². The van der Waals surface area contributed by atoms with Gasteiger partial charge in [-0.05, 0) is 55.2 Å². The zero-order valence-corrected chi connectivity index (χ0v) is 22.9. The third-order valence-corrected chi connectivity index (χ3v) is 7.08. The summed E-state index contributed by atoms with van der Waals surface area (Å²) >= 11 is 0. The molecule has 2 atom stereocenters. The third-order valence-electron chi connectivity index (χ3n) is 5.85. The Balaban J connectivity index is 2.00. The molecule has 0 saturated carbocycles. The lowest BCUT2D eigenvalue weighted by Gasteiger charge is -2.21. The van der Waals surface area contributed by atoms with Crippen LogP contribution in [0.5, 0.6) is 11.6 Å². The number of benzene rings is 1. The molecule has 9 nitrogen and oxygen atoms in total. The predicted molar refractivity (Wildman–Crippen MR) is 143 cm³/mol. The van der Waals surface area contributed by atoms with Crippen molar-refractivity contribution in [3.8, 4) is 22.9 Å². The molecule has 0 bridgehead atoms. The summed E-state index contributed by atoms with van der Waals surface area (Å²) in [5, 5.41) is -0.403. The summed E-state index contributed by atoms with van der Waals surface area (Å²) in [5.41, 5.74) is 6.22. The van der Waals surface area contributed by atoms with Crippen molar-refractivity contribution in [3.05, 3.63) is 59.9 Å². The topological polar surface area (TPSA) is 134 Å². The lowest BCUT2D eigenvalue weighted by Crippen LogP contribution is -2.32. The van der Waals surface area contributed by atoms with Crippen LogP contribution in [0.25, 0.3) is 11.3 Å². The van der Waals surface area contributed by atoms with E-state index in [9.17, 15) is 17.6 Å². The van der Waals surface area contributed by atoms with Crippen LogP contribution in [-0.4, -0.2) is 37.0 Å². The van der Waals surface area contributed by atoms with Crippen molar-refractivity contribution < 1.29 is 27.1 Å². The van der Waals surface area contributed by atoms with E-state index in [0.717, 1.165) is 6.42 Å². The molecule has 0 radical (unpaired) electrons. The maximum atomic E-state index is 14.4. The second-order valence-electron chi connectivity index (χ2n) is 9.47. The number of rotatable bonds is 11. The molecule has 0 aliphatic carbocycles. The van der Waals surface area contributed by atoms with Gasteiger partial charge in [0.25, 0.3) is 15.9 Å². The molecule has 0 spiro atoms. The summed E-state index contributed by atoms with van der Waals surface area (Å²) in [5.74, 6) is -0.864. The smallest absolute Gasteiger partial charge is 0.281 e. The quantitative estimate of drug-likeness (QED) is 0.351. The van der Waals surface area contributed by atoms with Gasteiger partial charge in [-0.15, -0.1) is 0 Å². The first-order valence-electron chi connectivity index (χ1n) is 12.3. The van der Waals surface area contributed by atoms with Gasteiger partial charge in [0, 0.05) is 11.6 Å². The average molecular weight is 545 g/mol. The van der Waals surface area contributed by atoms with E-state index < -0.39 is 26.8 Å². The first kappa shape index (κ1) is 28.8. The Hall–Kier alpha value is -3.73.